The molecule has 0 spiro atoms. The van der Waals surface area contributed by atoms with Crippen LogP contribution in [0.4, 0.5) is 0 Å². The molecule has 2 aromatic heterocycles. The van der Waals surface area contributed by atoms with Crippen LogP contribution < -0.4 is 9.46 Å². The second-order valence-electron chi connectivity index (χ2n) is 8.13. The van der Waals surface area contributed by atoms with Gasteiger partial charge in [0.25, 0.3) is 15.9 Å². The van der Waals surface area contributed by atoms with Gasteiger partial charge in [-0.05, 0) is 75.9 Å². The number of carbonyl (C=O) groups is 1. The van der Waals surface area contributed by atoms with Crippen molar-refractivity contribution in [3.05, 3.63) is 76.1 Å². The molecular formula is C25H29N3O5S. The number of carbonyl (C=O) groups excluding carboxylic acids is 1. The summed E-state index contributed by atoms with van der Waals surface area (Å²) >= 11 is 0. The summed E-state index contributed by atoms with van der Waals surface area (Å²) in [6.45, 7) is 8.04. The van der Waals surface area contributed by atoms with E-state index in [0.717, 1.165) is 23.1 Å². The molecule has 0 radical (unpaired) electrons. The minimum atomic E-state index is -4.18. The van der Waals surface area contributed by atoms with Crippen LogP contribution in [0.25, 0.3) is 0 Å². The third-order valence-electron chi connectivity index (χ3n) is 5.11. The number of pyridine rings is 2. The maximum Gasteiger partial charge on any atom is 0.281 e. The second-order valence-corrected chi connectivity index (χ2v) is 9.76. The van der Waals surface area contributed by atoms with Crippen LogP contribution in [0, 0.1) is 27.7 Å². The quantitative estimate of drug-likeness (QED) is 0.455. The molecule has 0 aliphatic rings. The number of hydrogen-bond donors (Lipinski definition) is 1. The molecule has 0 aliphatic carbocycles. The summed E-state index contributed by atoms with van der Waals surface area (Å²) in [6.07, 6.45) is 1.36. The standard InChI is InChI=1S/C25H29N3O5S/c1-16-14-17(2)23(18(3)15-16)33-25-21(12-11-20(27-25)9-7-13-32-5)24(29)28-34(30,31)22-10-6-8-19(4)26-22/h6,8,10-12,14-15H,7,9,13H2,1-5H3,(H,28,29). The van der Waals surface area contributed by atoms with Crippen LogP contribution in [-0.2, 0) is 21.2 Å². The van der Waals surface area contributed by atoms with Crippen molar-refractivity contribution in [2.75, 3.05) is 13.7 Å². The number of rotatable bonds is 9. The fourth-order valence-electron chi connectivity index (χ4n) is 3.59. The highest BCUT2D eigenvalue weighted by Crippen LogP contribution is 2.31. The van der Waals surface area contributed by atoms with Gasteiger partial charge in [0.05, 0.1) is 0 Å². The lowest BCUT2D eigenvalue weighted by Gasteiger charge is -2.16. The van der Waals surface area contributed by atoms with Crippen molar-refractivity contribution in [2.45, 2.75) is 45.6 Å². The Morgan fingerprint density at radius 2 is 1.71 bits per heavy atom. The Hall–Kier alpha value is -3.30. The maximum absolute atomic E-state index is 13.1. The van der Waals surface area contributed by atoms with Crippen LogP contribution in [-0.4, -0.2) is 38.0 Å². The number of hydrogen-bond acceptors (Lipinski definition) is 7. The largest absolute Gasteiger partial charge is 0.438 e. The molecule has 34 heavy (non-hydrogen) atoms. The lowest BCUT2D eigenvalue weighted by Crippen LogP contribution is -2.31. The third kappa shape index (κ3) is 6.18. The fourth-order valence-corrected chi connectivity index (χ4v) is 4.57. The van der Waals surface area contributed by atoms with Crippen LogP contribution >= 0.6 is 0 Å². The second kappa shape index (κ2) is 10.8. The first-order valence-electron chi connectivity index (χ1n) is 10.9. The van der Waals surface area contributed by atoms with Crippen LogP contribution in [0.2, 0.25) is 0 Å². The van der Waals surface area contributed by atoms with E-state index in [1.807, 2.05) is 32.9 Å². The van der Waals surface area contributed by atoms with E-state index in [9.17, 15) is 13.2 Å². The highest BCUT2D eigenvalue weighted by Gasteiger charge is 2.24. The van der Waals surface area contributed by atoms with Crippen molar-refractivity contribution in [3.8, 4) is 11.6 Å². The molecule has 180 valence electrons. The summed E-state index contributed by atoms with van der Waals surface area (Å²) in [5.41, 5.74) is 4.07. The Bertz CT molecular complexity index is 1280. The predicted molar refractivity (Wildman–Crippen MR) is 129 cm³/mol. The van der Waals surface area contributed by atoms with Crippen molar-refractivity contribution in [1.29, 1.82) is 0 Å². The van der Waals surface area contributed by atoms with Crippen molar-refractivity contribution in [3.63, 3.8) is 0 Å². The monoisotopic (exact) mass is 483 g/mol. The van der Waals surface area contributed by atoms with Crippen molar-refractivity contribution in [2.24, 2.45) is 0 Å². The van der Waals surface area contributed by atoms with Gasteiger partial charge in [-0.3, -0.25) is 4.79 Å². The van der Waals surface area contributed by atoms with Crippen molar-refractivity contribution >= 4 is 15.9 Å². The van der Waals surface area contributed by atoms with Gasteiger partial charge in [0, 0.05) is 25.1 Å². The number of aryl methyl sites for hydroxylation is 5. The first kappa shape index (κ1) is 25.3. The van der Waals surface area contributed by atoms with Gasteiger partial charge in [0.2, 0.25) is 5.88 Å². The average molecular weight is 484 g/mol. The highest BCUT2D eigenvalue weighted by atomic mass is 32.2. The van der Waals surface area contributed by atoms with Crippen LogP contribution in [0.5, 0.6) is 11.6 Å². The average Bonchev–Trinajstić information content (AvgIpc) is 2.76. The van der Waals surface area contributed by atoms with Gasteiger partial charge in [-0.15, -0.1) is 0 Å². The number of amides is 1. The molecule has 0 unspecified atom stereocenters. The number of nitrogens with one attached hydrogen (secondary N) is 1. The zero-order chi connectivity index (χ0) is 24.9. The summed E-state index contributed by atoms with van der Waals surface area (Å²) in [7, 11) is -2.55. The Kier molecular flexibility index (Phi) is 8.01. The van der Waals surface area contributed by atoms with Crippen molar-refractivity contribution in [1.82, 2.24) is 14.7 Å². The highest BCUT2D eigenvalue weighted by molar-refractivity contribution is 7.90. The Morgan fingerprint density at radius 1 is 1.00 bits per heavy atom. The first-order chi connectivity index (χ1) is 16.1. The zero-order valence-corrected chi connectivity index (χ0v) is 20.8. The van der Waals surface area contributed by atoms with E-state index in [1.54, 1.807) is 32.2 Å². The molecule has 0 fully saturated rings. The predicted octanol–water partition coefficient (Wildman–Crippen LogP) is 4.20. The summed E-state index contributed by atoms with van der Waals surface area (Å²) in [4.78, 5) is 21.6. The summed E-state index contributed by atoms with van der Waals surface area (Å²) in [5, 5.41) is -0.238. The zero-order valence-electron chi connectivity index (χ0n) is 20.0. The van der Waals surface area contributed by atoms with Crippen LogP contribution in [0.1, 0.15) is 44.9 Å². The molecule has 3 aromatic rings. The number of benzene rings is 1. The molecule has 0 bridgehead atoms. The topological polar surface area (TPSA) is 107 Å². The molecule has 0 atom stereocenters. The van der Waals surface area contributed by atoms with E-state index in [0.29, 0.717) is 30.2 Å². The van der Waals surface area contributed by atoms with Gasteiger partial charge in [0.15, 0.2) is 5.03 Å². The van der Waals surface area contributed by atoms with Gasteiger partial charge in [-0.2, -0.15) is 8.42 Å². The normalized spacial score (nSPS) is 11.3. The molecular weight excluding hydrogens is 454 g/mol. The summed E-state index contributed by atoms with van der Waals surface area (Å²) in [6, 6.07) is 11.7. The van der Waals surface area contributed by atoms with Crippen LogP contribution in [0.15, 0.2) is 47.5 Å². The number of nitrogens with zero attached hydrogens (tertiary/aromatic N) is 2. The number of methoxy groups -OCH3 is 1. The molecule has 1 amide bonds. The minimum absolute atomic E-state index is 0.00564. The summed E-state index contributed by atoms with van der Waals surface area (Å²) in [5.74, 6) is -0.240. The maximum atomic E-state index is 13.1. The molecule has 0 saturated heterocycles. The molecule has 2 heterocycles. The Morgan fingerprint density at radius 3 is 2.35 bits per heavy atom. The number of sulfonamides is 1. The van der Waals surface area contributed by atoms with E-state index in [1.165, 1.54) is 12.1 Å². The van der Waals surface area contributed by atoms with Crippen LogP contribution in [0.3, 0.4) is 0 Å². The van der Waals surface area contributed by atoms with Gasteiger partial charge in [-0.1, -0.05) is 23.8 Å². The SMILES string of the molecule is COCCCc1ccc(C(=O)NS(=O)(=O)c2cccc(C)n2)c(Oc2c(C)cc(C)cc2C)n1. The molecule has 3 rings (SSSR count). The molecule has 1 N–H and O–H groups in total. The van der Waals surface area contributed by atoms with E-state index in [2.05, 4.69) is 14.7 Å². The molecule has 0 saturated carbocycles. The van der Waals surface area contributed by atoms with Gasteiger partial charge in [0.1, 0.15) is 11.3 Å². The first-order valence-corrected chi connectivity index (χ1v) is 12.3. The fraction of sp³-hybridized carbons (Fsp3) is 0.320. The van der Waals surface area contributed by atoms with E-state index < -0.39 is 15.9 Å². The lowest BCUT2D eigenvalue weighted by atomic mass is 10.1. The Labute approximate surface area is 200 Å². The molecule has 8 nitrogen and oxygen atoms in total. The van der Waals surface area contributed by atoms with Gasteiger partial charge in [-0.25, -0.2) is 14.7 Å². The van der Waals surface area contributed by atoms with Gasteiger partial charge < -0.3 is 9.47 Å². The van der Waals surface area contributed by atoms with E-state index in [-0.39, 0.29) is 16.5 Å². The van der Waals surface area contributed by atoms with Gasteiger partial charge >= 0.3 is 0 Å². The minimum Gasteiger partial charge on any atom is -0.438 e. The Balaban J connectivity index is 1.98. The van der Waals surface area contributed by atoms with E-state index >= 15 is 0 Å². The number of ether oxygens (including phenoxy) is 2. The van der Waals surface area contributed by atoms with E-state index in [4.69, 9.17) is 9.47 Å². The molecule has 9 heteroatoms. The summed E-state index contributed by atoms with van der Waals surface area (Å²) < 4.78 is 38.8. The lowest BCUT2D eigenvalue weighted by molar-refractivity contribution is 0.0978. The molecule has 1 aromatic carbocycles. The van der Waals surface area contributed by atoms with Crippen molar-refractivity contribution < 1.29 is 22.7 Å². The number of aromatic nitrogens is 2. The smallest absolute Gasteiger partial charge is 0.281 e. The third-order valence-corrected chi connectivity index (χ3v) is 6.34. The molecule has 0 aliphatic heterocycles.